The predicted octanol–water partition coefficient (Wildman–Crippen LogP) is 6.80. The van der Waals surface area contributed by atoms with E-state index in [2.05, 4.69) is 57.2 Å². The van der Waals surface area contributed by atoms with Crippen LogP contribution in [-0.4, -0.2) is 10.7 Å². The quantitative estimate of drug-likeness (QED) is 0.478. The maximum atomic E-state index is 6.16. The lowest BCUT2D eigenvalue weighted by Gasteiger charge is -2.11. The van der Waals surface area contributed by atoms with E-state index in [0.29, 0.717) is 0 Å². The Hall–Kier alpha value is -1.77. The van der Waals surface area contributed by atoms with Gasteiger partial charge in [-0.1, -0.05) is 54.4 Å². The summed E-state index contributed by atoms with van der Waals surface area (Å²) in [6, 6.07) is 18.7. The molecule has 0 bridgehead atoms. The molecule has 1 nitrogen and oxygen atoms in total. The molecule has 2 aromatic carbocycles. The van der Waals surface area contributed by atoms with Crippen LogP contribution in [0.3, 0.4) is 0 Å². The number of thioether (sulfide) groups is 1. The zero-order valence-corrected chi connectivity index (χ0v) is 15.7. The topological polar surface area (TPSA) is 12.9 Å². The van der Waals surface area contributed by atoms with Crippen molar-refractivity contribution in [2.24, 2.45) is 0 Å². The van der Waals surface area contributed by atoms with Crippen LogP contribution in [0.1, 0.15) is 18.1 Å². The minimum Gasteiger partial charge on any atom is -0.248 e. The van der Waals surface area contributed by atoms with E-state index >= 15 is 0 Å². The Balaban J connectivity index is 2.15. The van der Waals surface area contributed by atoms with Gasteiger partial charge in [0.05, 0.1) is 11.4 Å². The van der Waals surface area contributed by atoms with E-state index in [-0.39, 0.29) is 0 Å². The fourth-order valence-corrected chi connectivity index (χ4v) is 3.70. The van der Waals surface area contributed by atoms with E-state index in [1.165, 1.54) is 21.6 Å². The first-order valence-electron chi connectivity index (χ1n) is 8.05. The molecule has 1 aromatic heterocycles. The third-order valence-electron chi connectivity index (χ3n) is 3.89. The average Bonchev–Trinajstić information content (AvgIpc) is 2.55. The highest BCUT2D eigenvalue weighted by Crippen LogP contribution is 2.31. The Morgan fingerprint density at radius 2 is 1.75 bits per heavy atom. The van der Waals surface area contributed by atoms with E-state index in [9.17, 15) is 0 Å². The molecule has 0 atom stereocenters. The highest BCUT2D eigenvalue weighted by Gasteiger charge is 2.10. The molecule has 122 valence electrons. The second-order valence-corrected chi connectivity index (χ2v) is 7.61. The molecular weight excluding hydrogens is 334 g/mol. The van der Waals surface area contributed by atoms with Gasteiger partial charge in [-0.15, -0.1) is 11.8 Å². The Labute approximate surface area is 153 Å². The molecule has 0 unspecified atom stereocenters. The van der Waals surface area contributed by atoms with Gasteiger partial charge in [0, 0.05) is 21.0 Å². The molecular formula is C21H20ClNS. The number of pyridine rings is 1. The van der Waals surface area contributed by atoms with Crippen LogP contribution >= 0.6 is 23.4 Å². The fraction of sp³-hybridized carbons (Fsp3) is 0.190. The number of benzene rings is 2. The van der Waals surface area contributed by atoms with Crippen molar-refractivity contribution in [3.8, 4) is 22.5 Å². The second-order valence-electron chi connectivity index (χ2n) is 5.84. The first-order valence-corrected chi connectivity index (χ1v) is 9.41. The van der Waals surface area contributed by atoms with Gasteiger partial charge in [-0.3, -0.25) is 0 Å². The largest absolute Gasteiger partial charge is 0.248 e. The number of halogens is 1. The summed E-state index contributed by atoms with van der Waals surface area (Å²) in [6.07, 6.45) is 0. The number of rotatable bonds is 4. The Bertz CT molecular complexity index is 873. The maximum Gasteiger partial charge on any atom is 0.0723 e. The van der Waals surface area contributed by atoms with Crippen molar-refractivity contribution >= 4 is 23.4 Å². The summed E-state index contributed by atoms with van der Waals surface area (Å²) in [5.74, 6) is 1.03. The summed E-state index contributed by atoms with van der Waals surface area (Å²) in [4.78, 5) is 6.15. The van der Waals surface area contributed by atoms with Crippen molar-refractivity contribution in [1.82, 2.24) is 4.98 Å². The maximum absolute atomic E-state index is 6.16. The van der Waals surface area contributed by atoms with Crippen LogP contribution in [0.2, 0.25) is 5.02 Å². The van der Waals surface area contributed by atoms with Crippen molar-refractivity contribution in [3.63, 3.8) is 0 Å². The van der Waals surface area contributed by atoms with Gasteiger partial charge in [-0.2, -0.15) is 0 Å². The number of nitrogens with zero attached hydrogens (tertiary/aromatic N) is 1. The van der Waals surface area contributed by atoms with Gasteiger partial charge in [0.15, 0.2) is 0 Å². The molecule has 0 amide bonds. The van der Waals surface area contributed by atoms with Crippen molar-refractivity contribution in [3.05, 3.63) is 70.7 Å². The van der Waals surface area contributed by atoms with Gasteiger partial charge >= 0.3 is 0 Å². The average molecular weight is 354 g/mol. The summed E-state index contributed by atoms with van der Waals surface area (Å²) in [5.41, 5.74) is 6.73. The predicted molar refractivity (Wildman–Crippen MR) is 106 cm³/mol. The number of hydrogen-bond donors (Lipinski definition) is 0. The van der Waals surface area contributed by atoms with Crippen LogP contribution in [0.15, 0.2) is 59.5 Å². The van der Waals surface area contributed by atoms with Crippen molar-refractivity contribution in [1.29, 1.82) is 0 Å². The molecule has 0 fully saturated rings. The molecule has 0 N–H and O–H groups in total. The van der Waals surface area contributed by atoms with Crippen molar-refractivity contribution in [2.75, 3.05) is 5.75 Å². The van der Waals surface area contributed by atoms with Crippen LogP contribution < -0.4 is 0 Å². The second kappa shape index (κ2) is 7.42. The lowest BCUT2D eigenvalue weighted by molar-refractivity contribution is 1.25. The van der Waals surface area contributed by atoms with Crippen molar-refractivity contribution < 1.29 is 0 Å². The van der Waals surface area contributed by atoms with Gasteiger partial charge < -0.3 is 0 Å². The standard InChI is InChI=1S/C21H20ClNS/c1-4-24-18-12-20(16-6-5-7-17(22)11-16)23-21(13-18)19-9-8-14(2)10-15(19)3/h5-13H,4H2,1-3H3. The molecule has 0 aliphatic carbocycles. The fourth-order valence-electron chi connectivity index (χ4n) is 2.79. The number of aryl methyl sites for hydroxylation is 2. The van der Waals surface area contributed by atoms with E-state index in [0.717, 1.165) is 27.7 Å². The molecule has 0 saturated carbocycles. The van der Waals surface area contributed by atoms with E-state index in [1.54, 1.807) is 0 Å². The SMILES string of the molecule is CCSc1cc(-c2cccc(Cl)c2)nc(-c2ccc(C)cc2C)c1. The van der Waals surface area contributed by atoms with E-state index in [4.69, 9.17) is 16.6 Å². The Kier molecular flexibility index (Phi) is 5.27. The zero-order chi connectivity index (χ0) is 17.1. The highest BCUT2D eigenvalue weighted by molar-refractivity contribution is 7.99. The molecule has 24 heavy (non-hydrogen) atoms. The summed E-state index contributed by atoms with van der Waals surface area (Å²) in [6.45, 7) is 6.43. The third-order valence-corrected chi connectivity index (χ3v) is 4.98. The lowest BCUT2D eigenvalue weighted by Crippen LogP contribution is -1.93. The number of hydrogen-bond acceptors (Lipinski definition) is 2. The van der Waals surface area contributed by atoms with Gasteiger partial charge in [-0.05, 0) is 49.4 Å². The zero-order valence-electron chi connectivity index (χ0n) is 14.1. The summed E-state index contributed by atoms with van der Waals surface area (Å²) in [7, 11) is 0. The lowest BCUT2D eigenvalue weighted by atomic mass is 10.0. The molecule has 1 heterocycles. The Morgan fingerprint density at radius 3 is 2.46 bits per heavy atom. The number of aromatic nitrogens is 1. The highest BCUT2D eigenvalue weighted by atomic mass is 35.5. The van der Waals surface area contributed by atoms with Gasteiger partial charge in [0.25, 0.3) is 0 Å². The normalized spacial score (nSPS) is 10.8. The molecule has 0 saturated heterocycles. The van der Waals surface area contributed by atoms with E-state index in [1.807, 2.05) is 30.0 Å². The molecule has 0 spiro atoms. The summed E-state index contributed by atoms with van der Waals surface area (Å²) in [5, 5.41) is 0.732. The molecule has 3 aromatic rings. The van der Waals surface area contributed by atoms with Gasteiger partial charge in [-0.25, -0.2) is 4.98 Å². The molecule has 0 aliphatic heterocycles. The smallest absolute Gasteiger partial charge is 0.0723 e. The minimum atomic E-state index is 0.732. The summed E-state index contributed by atoms with van der Waals surface area (Å²) >= 11 is 8.00. The van der Waals surface area contributed by atoms with Crippen molar-refractivity contribution in [2.45, 2.75) is 25.7 Å². The van der Waals surface area contributed by atoms with Gasteiger partial charge in [0.2, 0.25) is 0 Å². The summed E-state index contributed by atoms with van der Waals surface area (Å²) < 4.78 is 0. The first-order chi connectivity index (χ1) is 11.6. The first kappa shape index (κ1) is 17.1. The van der Waals surface area contributed by atoms with Crippen LogP contribution in [0.25, 0.3) is 22.5 Å². The molecule has 3 heteroatoms. The van der Waals surface area contributed by atoms with Crippen LogP contribution in [0.4, 0.5) is 0 Å². The van der Waals surface area contributed by atoms with E-state index < -0.39 is 0 Å². The van der Waals surface area contributed by atoms with Gasteiger partial charge in [0.1, 0.15) is 0 Å². The molecule has 3 rings (SSSR count). The van der Waals surface area contributed by atoms with Crippen LogP contribution in [0, 0.1) is 13.8 Å². The molecule has 0 radical (unpaired) electrons. The molecule has 0 aliphatic rings. The van der Waals surface area contributed by atoms with Crippen LogP contribution in [0.5, 0.6) is 0 Å². The minimum absolute atomic E-state index is 0.732. The van der Waals surface area contributed by atoms with Crippen LogP contribution in [-0.2, 0) is 0 Å². The third kappa shape index (κ3) is 3.82. The Morgan fingerprint density at radius 1 is 0.958 bits per heavy atom. The monoisotopic (exact) mass is 353 g/mol.